The number of nitrogens with zero attached hydrogens (tertiary/aromatic N) is 4. The van der Waals surface area contributed by atoms with Gasteiger partial charge in [0.05, 0.1) is 26.1 Å². The minimum atomic E-state index is -1.16. The molecule has 1 atom stereocenters. The highest BCUT2D eigenvalue weighted by atomic mass is 32.2. The Kier molecular flexibility index (Phi) is 11.8. The molecule has 0 aliphatic carbocycles. The zero-order valence-corrected chi connectivity index (χ0v) is 23.2. The molecule has 3 N–H and O–H groups in total. The summed E-state index contributed by atoms with van der Waals surface area (Å²) in [5.74, 6) is -2.84. The number of rotatable bonds is 13. The molecule has 0 spiro atoms. The van der Waals surface area contributed by atoms with Crippen molar-refractivity contribution in [1.82, 2.24) is 25.2 Å². The third-order valence-corrected chi connectivity index (χ3v) is 6.71. The molecule has 1 fully saturated rings. The van der Waals surface area contributed by atoms with Gasteiger partial charge in [-0.3, -0.25) is 19.2 Å². The Bertz CT molecular complexity index is 1240. The van der Waals surface area contributed by atoms with Crippen molar-refractivity contribution in [3.63, 3.8) is 0 Å². The van der Waals surface area contributed by atoms with Gasteiger partial charge in [0.1, 0.15) is 16.8 Å². The van der Waals surface area contributed by atoms with Crippen LogP contribution in [0.25, 0.3) is 11.4 Å². The van der Waals surface area contributed by atoms with Crippen LogP contribution >= 0.6 is 11.8 Å². The van der Waals surface area contributed by atoms with E-state index in [4.69, 9.17) is 14.7 Å². The predicted molar refractivity (Wildman–Crippen MR) is 145 cm³/mol. The summed E-state index contributed by atoms with van der Waals surface area (Å²) in [5, 5.41) is 22.5. The second-order valence-electron chi connectivity index (χ2n) is 8.76. The Morgan fingerprint density at radius 3 is 2.32 bits per heavy atom. The smallest absolute Gasteiger partial charge is 0.481 e. The standard InChI is InChI=1S/C26H31N5O9S/c1-2-39-26(38)40-31-13-11-30(12-14-31)25(37)18(8-9-21(32)33)28-24(36)19-16-20(41-15-10-22(34)35)29-23(27-19)17-6-4-3-5-7-17/h3-7,16,18H,2,8-15H2,1H3,(H,28,36)(H,32,33)(H,34,35)/t18-/m0/s1. The normalized spacial score (nSPS) is 14.1. The highest BCUT2D eigenvalue weighted by Gasteiger charge is 2.31. The van der Waals surface area contributed by atoms with Crippen LogP contribution in [0.15, 0.2) is 41.4 Å². The Labute approximate surface area is 240 Å². The van der Waals surface area contributed by atoms with Gasteiger partial charge < -0.3 is 30.0 Å². The van der Waals surface area contributed by atoms with E-state index in [1.54, 1.807) is 31.2 Å². The number of aromatic nitrogens is 2. The van der Waals surface area contributed by atoms with Crippen LogP contribution in [0.5, 0.6) is 0 Å². The molecule has 3 rings (SSSR count). The van der Waals surface area contributed by atoms with Gasteiger partial charge in [-0.1, -0.05) is 30.3 Å². The maximum Gasteiger partial charge on any atom is 0.527 e. The molecule has 15 heteroatoms. The number of carboxylic acids is 2. The number of carbonyl (C=O) groups is 5. The van der Waals surface area contributed by atoms with Crippen LogP contribution in [0.4, 0.5) is 4.79 Å². The summed E-state index contributed by atoms with van der Waals surface area (Å²) < 4.78 is 4.75. The third-order valence-electron chi connectivity index (χ3n) is 5.80. The van der Waals surface area contributed by atoms with E-state index in [1.807, 2.05) is 6.07 Å². The van der Waals surface area contributed by atoms with Crippen molar-refractivity contribution < 1.29 is 43.8 Å². The lowest BCUT2D eigenvalue weighted by Gasteiger charge is -2.35. The van der Waals surface area contributed by atoms with Crippen molar-refractivity contribution in [2.24, 2.45) is 0 Å². The Morgan fingerprint density at radius 1 is 1.00 bits per heavy atom. The number of hydrogen-bond acceptors (Lipinski definition) is 11. The van der Waals surface area contributed by atoms with Gasteiger partial charge in [0.2, 0.25) is 5.91 Å². The van der Waals surface area contributed by atoms with E-state index in [0.717, 1.165) is 11.8 Å². The van der Waals surface area contributed by atoms with Crippen LogP contribution in [0.2, 0.25) is 0 Å². The predicted octanol–water partition coefficient (Wildman–Crippen LogP) is 1.91. The minimum absolute atomic E-state index is 0.0579. The number of thioether (sulfide) groups is 1. The Morgan fingerprint density at radius 2 is 1.68 bits per heavy atom. The lowest BCUT2D eigenvalue weighted by Crippen LogP contribution is -2.55. The molecule has 14 nitrogen and oxygen atoms in total. The summed E-state index contributed by atoms with van der Waals surface area (Å²) >= 11 is 1.14. The highest BCUT2D eigenvalue weighted by molar-refractivity contribution is 7.99. The number of aliphatic carboxylic acids is 2. The fourth-order valence-corrected chi connectivity index (χ4v) is 4.63. The first kappa shape index (κ1) is 31.3. The second kappa shape index (κ2) is 15.5. The second-order valence-corrected chi connectivity index (χ2v) is 9.88. The van der Waals surface area contributed by atoms with E-state index in [0.29, 0.717) is 10.6 Å². The molecular weight excluding hydrogens is 558 g/mol. The van der Waals surface area contributed by atoms with Gasteiger partial charge in [-0.15, -0.1) is 16.8 Å². The molecule has 220 valence electrons. The number of hydrogen-bond donors (Lipinski definition) is 3. The summed E-state index contributed by atoms with van der Waals surface area (Å²) in [6.07, 6.45) is -1.48. The van der Waals surface area contributed by atoms with Crippen molar-refractivity contribution in [1.29, 1.82) is 0 Å². The lowest BCUT2D eigenvalue weighted by atomic mass is 10.1. The van der Waals surface area contributed by atoms with Gasteiger partial charge in [0.25, 0.3) is 5.91 Å². The molecular formula is C26H31N5O9S. The maximum atomic E-state index is 13.3. The average molecular weight is 590 g/mol. The minimum Gasteiger partial charge on any atom is -0.481 e. The van der Waals surface area contributed by atoms with Gasteiger partial charge in [-0.05, 0) is 13.3 Å². The highest BCUT2D eigenvalue weighted by Crippen LogP contribution is 2.22. The first-order valence-corrected chi connectivity index (χ1v) is 13.8. The summed E-state index contributed by atoms with van der Waals surface area (Å²) in [4.78, 5) is 75.8. The van der Waals surface area contributed by atoms with Gasteiger partial charge in [-0.25, -0.2) is 14.8 Å². The SMILES string of the molecule is CCOC(=O)ON1CCN(C(=O)[C@H](CCC(=O)O)NC(=O)c2cc(SCCC(=O)O)nc(-c3ccccc3)n2)CC1. The molecule has 0 saturated carbocycles. The molecule has 1 saturated heterocycles. The Hall–Kier alpha value is -4.24. The first-order chi connectivity index (χ1) is 19.7. The molecule has 1 aliphatic rings. The van der Waals surface area contributed by atoms with Crippen LogP contribution in [0.1, 0.15) is 36.7 Å². The van der Waals surface area contributed by atoms with Crippen LogP contribution in [-0.2, 0) is 24.0 Å². The van der Waals surface area contributed by atoms with Crippen LogP contribution in [-0.4, -0.2) is 105 Å². The van der Waals surface area contributed by atoms with Gasteiger partial charge >= 0.3 is 18.1 Å². The zero-order valence-electron chi connectivity index (χ0n) is 22.4. The molecule has 1 aromatic carbocycles. The number of carbonyl (C=O) groups excluding carboxylic acids is 3. The lowest BCUT2D eigenvalue weighted by molar-refractivity contribution is -0.157. The van der Waals surface area contributed by atoms with Crippen LogP contribution < -0.4 is 5.32 Å². The average Bonchev–Trinajstić information content (AvgIpc) is 2.95. The fourth-order valence-electron chi connectivity index (χ4n) is 3.80. The first-order valence-electron chi connectivity index (χ1n) is 12.9. The molecule has 41 heavy (non-hydrogen) atoms. The number of hydroxylamine groups is 2. The number of amides is 2. The number of benzene rings is 1. The van der Waals surface area contributed by atoms with E-state index in [2.05, 4.69) is 15.3 Å². The van der Waals surface area contributed by atoms with Crippen LogP contribution in [0, 0.1) is 0 Å². The summed E-state index contributed by atoms with van der Waals surface area (Å²) in [6.45, 7) is 2.55. The summed E-state index contributed by atoms with van der Waals surface area (Å²) in [6, 6.07) is 9.12. The van der Waals surface area contributed by atoms with E-state index < -0.39 is 36.0 Å². The van der Waals surface area contributed by atoms with Gasteiger partial charge in [0, 0.05) is 36.9 Å². The van der Waals surface area contributed by atoms with Crippen molar-refractivity contribution in [3.8, 4) is 11.4 Å². The fraction of sp³-hybridized carbons (Fsp3) is 0.423. The van der Waals surface area contributed by atoms with Crippen molar-refractivity contribution >= 4 is 41.7 Å². The van der Waals surface area contributed by atoms with E-state index in [-0.39, 0.29) is 69.3 Å². The molecule has 1 aromatic heterocycles. The quantitative estimate of drug-likeness (QED) is 0.175. The Balaban J connectivity index is 1.76. The van der Waals surface area contributed by atoms with Gasteiger partial charge in [0.15, 0.2) is 5.82 Å². The van der Waals surface area contributed by atoms with E-state index >= 15 is 0 Å². The maximum absolute atomic E-state index is 13.3. The molecule has 2 aromatic rings. The summed E-state index contributed by atoms with van der Waals surface area (Å²) in [5.41, 5.74) is 0.570. The summed E-state index contributed by atoms with van der Waals surface area (Å²) in [7, 11) is 0. The molecule has 0 bridgehead atoms. The van der Waals surface area contributed by atoms with Gasteiger partial charge in [-0.2, -0.15) is 0 Å². The van der Waals surface area contributed by atoms with E-state index in [9.17, 15) is 29.1 Å². The molecule has 2 amide bonds. The van der Waals surface area contributed by atoms with Crippen molar-refractivity contribution in [2.45, 2.75) is 37.3 Å². The molecule has 0 radical (unpaired) electrons. The van der Waals surface area contributed by atoms with Crippen molar-refractivity contribution in [2.75, 3.05) is 38.5 Å². The largest absolute Gasteiger partial charge is 0.527 e. The number of carboxylic acid groups (broad SMARTS) is 2. The van der Waals surface area contributed by atoms with E-state index in [1.165, 1.54) is 16.0 Å². The zero-order chi connectivity index (χ0) is 29.8. The third kappa shape index (κ3) is 10.0. The van der Waals surface area contributed by atoms with Crippen LogP contribution in [0.3, 0.4) is 0 Å². The topological polar surface area (TPSA) is 189 Å². The monoisotopic (exact) mass is 589 g/mol. The number of piperazine rings is 1. The number of nitrogens with one attached hydrogen (secondary N) is 1. The molecule has 1 aliphatic heterocycles. The number of ether oxygens (including phenoxy) is 1. The molecule has 2 heterocycles. The molecule has 0 unspecified atom stereocenters. The van der Waals surface area contributed by atoms with Crippen molar-refractivity contribution in [3.05, 3.63) is 42.1 Å².